The summed E-state index contributed by atoms with van der Waals surface area (Å²) in [6.07, 6.45) is 0. The van der Waals surface area contributed by atoms with E-state index in [4.69, 9.17) is 11.6 Å². The van der Waals surface area contributed by atoms with Crippen LogP contribution >= 0.6 is 11.6 Å². The molecule has 10 heteroatoms. The van der Waals surface area contributed by atoms with Gasteiger partial charge in [-0.1, -0.05) is 35.9 Å². The summed E-state index contributed by atoms with van der Waals surface area (Å²) in [6, 6.07) is 16.8. The predicted octanol–water partition coefficient (Wildman–Crippen LogP) is 3.25. The zero-order valence-corrected chi connectivity index (χ0v) is 20.2. The minimum Gasteiger partial charge on any atom is -0.377 e. The molecule has 0 radical (unpaired) electrons. The molecule has 1 heterocycles. The highest BCUT2D eigenvalue weighted by Crippen LogP contribution is 2.32. The third kappa shape index (κ3) is 4.11. The van der Waals surface area contributed by atoms with Gasteiger partial charge in [0.15, 0.2) is 0 Å². The number of piperazine rings is 1. The first-order chi connectivity index (χ1) is 15.1. The highest BCUT2D eigenvalue weighted by molar-refractivity contribution is 7.89. The summed E-state index contributed by atoms with van der Waals surface area (Å²) in [5, 5.41) is 1.95. The molecule has 0 N–H and O–H groups in total. The maximum Gasteiger partial charge on any atom is 0.243 e. The molecule has 1 saturated heterocycles. The monoisotopic (exact) mass is 493 g/mol. The molecular formula is C22H24ClN3O4S2. The predicted molar refractivity (Wildman–Crippen MR) is 127 cm³/mol. The Morgan fingerprint density at radius 3 is 1.84 bits per heavy atom. The summed E-state index contributed by atoms with van der Waals surface area (Å²) in [5.74, 6) is 0. The summed E-state index contributed by atoms with van der Waals surface area (Å²) >= 11 is 5.86. The van der Waals surface area contributed by atoms with Crippen molar-refractivity contribution in [2.45, 2.75) is 9.79 Å². The first kappa shape index (κ1) is 23.0. The number of hydrogen-bond acceptors (Lipinski definition) is 5. The molecule has 3 aromatic rings. The molecule has 170 valence electrons. The number of rotatable bonds is 5. The Labute approximate surface area is 193 Å². The van der Waals surface area contributed by atoms with Crippen molar-refractivity contribution in [3.05, 3.63) is 65.7 Å². The molecule has 7 nitrogen and oxygen atoms in total. The molecular weight excluding hydrogens is 470 g/mol. The van der Waals surface area contributed by atoms with Gasteiger partial charge in [0, 0.05) is 61.8 Å². The van der Waals surface area contributed by atoms with E-state index in [9.17, 15) is 16.8 Å². The zero-order valence-electron chi connectivity index (χ0n) is 17.8. The fourth-order valence-corrected chi connectivity index (χ4v) is 7.10. The van der Waals surface area contributed by atoms with Gasteiger partial charge in [-0.05, 0) is 36.4 Å². The minimum atomic E-state index is -3.79. The molecule has 0 bridgehead atoms. The van der Waals surface area contributed by atoms with Crippen LogP contribution in [0.2, 0.25) is 5.02 Å². The second-order valence-corrected chi connectivity index (χ2v) is 12.1. The average Bonchev–Trinajstić information content (AvgIpc) is 2.78. The minimum absolute atomic E-state index is 0.0813. The first-order valence-electron chi connectivity index (χ1n) is 10.1. The van der Waals surface area contributed by atoms with E-state index < -0.39 is 20.0 Å². The summed E-state index contributed by atoms with van der Waals surface area (Å²) in [7, 11) is -3.68. The lowest BCUT2D eigenvalue weighted by Crippen LogP contribution is -2.50. The van der Waals surface area contributed by atoms with E-state index in [1.54, 1.807) is 18.2 Å². The summed E-state index contributed by atoms with van der Waals surface area (Å²) < 4.78 is 55.4. The summed E-state index contributed by atoms with van der Waals surface area (Å²) in [5.41, 5.74) is 0.929. The third-order valence-corrected chi connectivity index (χ3v) is 9.73. The third-order valence-electron chi connectivity index (χ3n) is 5.61. The standard InChI is InChI=1S/C22H24ClN3O4S2/c1-24(2)21-7-3-6-20-19(21)5-4-8-22(20)32(29,30)26-15-13-25(14-16-26)31(27,28)18-11-9-17(23)10-12-18/h3-12H,13-16H2,1-2H3. The van der Waals surface area contributed by atoms with Gasteiger partial charge in [-0.2, -0.15) is 8.61 Å². The second-order valence-electron chi connectivity index (χ2n) is 7.78. The fraction of sp³-hybridized carbons (Fsp3) is 0.273. The molecule has 0 atom stereocenters. The molecule has 0 amide bonds. The van der Waals surface area contributed by atoms with Crippen molar-refractivity contribution >= 4 is 48.1 Å². The van der Waals surface area contributed by atoms with E-state index in [-0.39, 0.29) is 36.0 Å². The van der Waals surface area contributed by atoms with Gasteiger partial charge in [0.1, 0.15) is 0 Å². The van der Waals surface area contributed by atoms with Gasteiger partial charge >= 0.3 is 0 Å². The van der Waals surface area contributed by atoms with Crippen molar-refractivity contribution < 1.29 is 16.8 Å². The molecule has 1 fully saturated rings. The van der Waals surface area contributed by atoms with E-state index in [0.29, 0.717) is 10.4 Å². The molecule has 0 aliphatic carbocycles. The molecule has 32 heavy (non-hydrogen) atoms. The van der Waals surface area contributed by atoms with Crippen molar-refractivity contribution in [2.24, 2.45) is 0 Å². The van der Waals surface area contributed by atoms with Crippen molar-refractivity contribution in [1.82, 2.24) is 8.61 Å². The van der Waals surface area contributed by atoms with Gasteiger partial charge in [0.05, 0.1) is 9.79 Å². The van der Waals surface area contributed by atoms with Crippen molar-refractivity contribution in [3.63, 3.8) is 0 Å². The van der Waals surface area contributed by atoms with Gasteiger partial charge < -0.3 is 4.90 Å². The molecule has 0 aromatic heterocycles. The number of sulfonamides is 2. The van der Waals surface area contributed by atoms with Crippen LogP contribution in [0.4, 0.5) is 5.69 Å². The van der Waals surface area contributed by atoms with E-state index in [2.05, 4.69) is 0 Å². The highest BCUT2D eigenvalue weighted by atomic mass is 35.5. The van der Waals surface area contributed by atoms with Gasteiger partial charge in [-0.3, -0.25) is 0 Å². The van der Waals surface area contributed by atoms with Crippen molar-refractivity contribution in [1.29, 1.82) is 0 Å². The molecule has 0 saturated carbocycles. The Morgan fingerprint density at radius 1 is 0.719 bits per heavy atom. The van der Waals surface area contributed by atoms with Crippen LogP contribution in [0.1, 0.15) is 0 Å². The zero-order chi connectivity index (χ0) is 23.1. The lowest BCUT2D eigenvalue weighted by Gasteiger charge is -2.33. The van der Waals surface area contributed by atoms with E-state index >= 15 is 0 Å². The smallest absolute Gasteiger partial charge is 0.243 e. The largest absolute Gasteiger partial charge is 0.377 e. The number of nitrogens with zero attached hydrogens (tertiary/aromatic N) is 3. The van der Waals surface area contributed by atoms with Crippen LogP contribution < -0.4 is 4.90 Å². The quantitative estimate of drug-likeness (QED) is 0.545. The normalized spacial score (nSPS) is 16.3. The van der Waals surface area contributed by atoms with Crippen molar-refractivity contribution in [3.8, 4) is 0 Å². The maximum atomic E-state index is 13.5. The Bertz CT molecular complexity index is 1350. The lowest BCUT2D eigenvalue weighted by atomic mass is 10.1. The lowest BCUT2D eigenvalue weighted by molar-refractivity contribution is 0.273. The first-order valence-corrected chi connectivity index (χ1v) is 13.3. The number of anilines is 1. The topological polar surface area (TPSA) is 78.0 Å². The van der Waals surface area contributed by atoms with E-state index in [0.717, 1.165) is 11.1 Å². The Kier molecular flexibility index (Phi) is 6.21. The van der Waals surface area contributed by atoms with Crippen LogP contribution in [0, 0.1) is 0 Å². The Morgan fingerprint density at radius 2 is 1.25 bits per heavy atom. The van der Waals surface area contributed by atoms with Gasteiger partial charge in [-0.15, -0.1) is 0 Å². The number of fused-ring (bicyclic) bond motifs is 1. The molecule has 4 rings (SSSR count). The van der Waals surface area contributed by atoms with Crippen LogP contribution in [0.15, 0.2) is 70.5 Å². The molecule has 0 spiro atoms. The summed E-state index contributed by atoms with van der Waals surface area (Å²) in [4.78, 5) is 2.32. The highest BCUT2D eigenvalue weighted by Gasteiger charge is 2.34. The molecule has 1 aliphatic heterocycles. The fourth-order valence-electron chi connectivity index (χ4n) is 3.92. The Balaban J connectivity index is 1.60. The van der Waals surface area contributed by atoms with Crippen LogP contribution in [0.25, 0.3) is 10.8 Å². The molecule has 3 aromatic carbocycles. The maximum absolute atomic E-state index is 13.5. The molecule has 0 unspecified atom stereocenters. The van der Waals surface area contributed by atoms with Gasteiger partial charge in [-0.25, -0.2) is 16.8 Å². The SMILES string of the molecule is CN(C)c1cccc2c(S(=O)(=O)N3CCN(S(=O)(=O)c4ccc(Cl)cc4)CC3)cccc12. The van der Waals surface area contributed by atoms with Crippen LogP contribution in [-0.4, -0.2) is 65.7 Å². The molecule has 1 aliphatic rings. The van der Waals surface area contributed by atoms with E-state index in [1.165, 1.54) is 32.9 Å². The Hall–Kier alpha value is -2.17. The second kappa shape index (κ2) is 8.64. The number of hydrogen-bond donors (Lipinski definition) is 0. The van der Waals surface area contributed by atoms with Crippen LogP contribution in [0.3, 0.4) is 0 Å². The average molecular weight is 494 g/mol. The number of benzene rings is 3. The van der Waals surface area contributed by atoms with Gasteiger partial charge in [0.25, 0.3) is 0 Å². The van der Waals surface area contributed by atoms with E-state index in [1.807, 2.05) is 37.2 Å². The van der Waals surface area contributed by atoms with Crippen LogP contribution in [0.5, 0.6) is 0 Å². The summed E-state index contributed by atoms with van der Waals surface area (Å²) in [6.45, 7) is 0.327. The van der Waals surface area contributed by atoms with Gasteiger partial charge in [0.2, 0.25) is 20.0 Å². The van der Waals surface area contributed by atoms with Crippen molar-refractivity contribution in [2.75, 3.05) is 45.2 Å². The van der Waals surface area contributed by atoms with Crippen LogP contribution in [-0.2, 0) is 20.0 Å². The number of halogens is 1.